The van der Waals surface area contributed by atoms with E-state index < -0.39 is 29.6 Å². The zero-order valence-electron chi connectivity index (χ0n) is 31.3. The molecule has 0 aromatic heterocycles. The van der Waals surface area contributed by atoms with Crippen molar-refractivity contribution < 1.29 is 38.0 Å². The monoisotopic (exact) mass is 758 g/mol. The number of hydrogen-bond donors (Lipinski definition) is 0. The fraction of sp³-hybridized carbons (Fsp3) is 0.143. The minimum atomic E-state index is -0.670. The molecule has 0 amide bonds. The Morgan fingerprint density at radius 2 is 0.754 bits per heavy atom. The molecule has 2 atom stereocenters. The van der Waals surface area contributed by atoms with Gasteiger partial charge in [0.05, 0.1) is 5.41 Å². The molecule has 6 aromatic rings. The van der Waals surface area contributed by atoms with E-state index in [1.807, 2.05) is 84.9 Å². The van der Waals surface area contributed by atoms with Crippen LogP contribution in [0, 0.1) is 0 Å². The number of carbonyl (C=O) groups is 2. The first-order valence-corrected chi connectivity index (χ1v) is 18.7. The summed E-state index contributed by atoms with van der Waals surface area (Å²) in [5.41, 5.74) is 6.03. The maximum absolute atomic E-state index is 12.1. The standard InChI is InChI=1S/C49H42O8/c1-3-47(50)56-41(31-52-37-15-7-5-8-16-37)33-54-39-27-23-35(24-28-39)49(45-21-13-11-19-43(45)44-20-12-14-22-46(44)49)36-25-29-40(30-26-36)55-34-42(57-48(51)4-2)32-53-38-17-9-6-10-18-38/h3-30,41-42H,1-2,31-34H2. The second-order valence-corrected chi connectivity index (χ2v) is 13.3. The molecule has 2 unspecified atom stereocenters. The molecular formula is C49H42O8. The molecule has 6 aromatic carbocycles. The fourth-order valence-corrected chi connectivity index (χ4v) is 7.07. The van der Waals surface area contributed by atoms with Gasteiger partial charge in [0.1, 0.15) is 49.4 Å². The predicted molar refractivity (Wildman–Crippen MR) is 219 cm³/mol. The molecule has 1 aliphatic rings. The Hall–Kier alpha value is -7.06. The molecule has 0 heterocycles. The lowest BCUT2D eigenvalue weighted by Gasteiger charge is -2.34. The number of carbonyl (C=O) groups excluding carboxylic acids is 2. The molecule has 7 rings (SSSR count). The van der Waals surface area contributed by atoms with Crippen LogP contribution >= 0.6 is 0 Å². The highest BCUT2D eigenvalue weighted by molar-refractivity contribution is 5.86. The quantitative estimate of drug-likeness (QED) is 0.0633. The minimum Gasteiger partial charge on any atom is -0.490 e. The number of fused-ring (bicyclic) bond motifs is 3. The number of hydrogen-bond acceptors (Lipinski definition) is 8. The SMILES string of the molecule is C=CC(=O)OC(COc1ccccc1)COc1ccc(C2(c3ccc(OCC(COc4ccccc4)OC(=O)C=C)cc3)c3ccccc3-c3ccccc32)cc1. The van der Waals surface area contributed by atoms with E-state index in [-0.39, 0.29) is 26.4 Å². The molecule has 0 bridgehead atoms. The summed E-state index contributed by atoms with van der Waals surface area (Å²) in [5, 5.41) is 0. The highest BCUT2D eigenvalue weighted by Crippen LogP contribution is 2.56. The molecule has 57 heavy (non-hydrogen) atoms. The highest BCUT2D eigenvalue weighted by atomic mass is 16.6. The summed E-state index contributed by atoms with van der Waals surface area (Å²) in [6.07, 6.45) is 0.910. The van der Waals surface area contributed by atoms with Crippen LogP contribution in [-0.4, -0.2) is 50.6 Å². The molecule has 286 valence electrons. The summed E-state index contributed by atoms with van der Waals surface area (Å²) in [7, 11) is 0. The molecule has 0 N–H and O–H groups in total. The van der Waals surface area contributed by atoms with Gasteiger partial charge in [-0.25, -0.2) is 9.59 Å². The molecule has 8 heteroatoms. The maximum atomic E-state index is 12.1. The molecule has 0 saturated heterocycles. The van der Waals surface area contributed by atoms with Gasteiger partial charge in [-0.15, -0.1) is 0 Å². The summed E-state index contributed by atoms with van der Waals surface area (Å²) in [4.78, 5) is 24.3. The lowest BCUT2D eigenvalue weighted by molar-refractivity contribution is -0.147. The summed E-state index contributed by atoms with van der Waals surface area (Å²) >= 11 is 0. The van der Waals surface area contributed by atoms with E-state index in [0.29, 0.717) is 23.0 Å². The second-order valence-electron chi connectivity index (χ2n) is 13.3. The van der Waals surface area contributed by atoms with Crippen LogP contribution in [0.5, 0.6) is 23.0 Å². The van der Waals surface area contributed by atoms with E-state index in [2.05, 4.69) is 86.0 Å². The lowest BCUT2D eigenvalue weighted by Crippen LogP contribution is -2.31. The van der Waals surface area contributed by atoms with Gasteiger partial charge in [0.2, 0.25) is 0 Å². The normalized spacial score (nSPS) is 13.1. The van der Waals surface area contributed by atoms with Crippen molar-refractivity contribution in [2.75, 3.05) is 26.4 Å². The van der Waals surface area contributed by atoms with Gasteiger partial charge in [0, 0.05) is 12.2 Å². The van der Waals surface area contributed by atoms with Gasteiger partial charge < -0.3 is 28.4 Å². The minimum absolute atomic E-state index is 0.0794. The van der Waals surface area contributed by atoms with E-state index in [0.717, 1.165) is 45.5 Å². The Bertz CT molecular complexity index is 2120. The fourth-order valence-electron chi connectivity index (χ4n) is 7.07. The third kappa shape index (κ3) is 8.76. The van der Waals surface area contributed by atoms with Gasteiger partial charge in [-0.1, -0.05) is 122 Å². The predicted octanol–water partition coefficient (Wildman–Crippen LogP) is 9.16. The molecule has 0 saturated carbocycles. The maximum Gasteiger partial charge on any atom is 0.330 e. The highest BCUT2D eigenvalue weighted by Gasteiger charge is 2.45. The van der Waals surface area contributed by atoms with Crippen molar-refractivity contribution in [1.82, 2.24) is 0 Å². The molecule has 0 fully saturated rings. The van der Waals surface area contributed by atoms with E-state index in [4.69, 9.17) is 28.4 Å². The Morgan fingerprint density at radius 3 is 1.11 bits per heavy atom. The van der Waals surface area contributed by atoms with Crippen molar-refractivity contribution in [3.63, 3.8) is 0 Å². The largest absolute Gasteiger partial charge is 0.490 e. The van der Waals surface area contributed by atoms with E-state index in [9.17, 15) is 9.59 Å². The zero-order chi connectivity index (χ0) is 39.5. The molecule has 1 aliphatic carbocycles. The van der Waals surface area contributed by atoms with Crippen LogP contribution in [0.2, 0.25) is 0 Å². The van der Waals surface area contributed by atoms with E-state index in [1.165, 1.54) is 0 Å². The van der Waals surface area contributed by atoms with Crippen molar-refractivity contribution in [2.24, 2.45) is 0 Å². The number of rotatable bonds is 18. The first kappa shape index (κ1) is 38.2. The van der Waals surface area contributed by atoms with Crippen molar-refractivity contribution in [2.45, 2.75) is 17.6 Å². The summed E-state index contributed by atoms with van der Waals surface area (Å²) in [6, 6.07) is 51.7. The van der Waals surface area contributed by atoms with Crippen molar-refractivity contribution >= 4 is 11.9 Å². The van der Waals surface area contributed by atoms with Crippen molar-refractivity contribution in [1.29, 1.82) is 0 Å². The van der Waals surface area contributed by atoms with Crippen LogP contribution in [0.1, 0.15) is 22.3 Å². The van der Waals surface area contributed by atoms with E-state index >= 15 is 0 Å². The van der Waals surface area contributed by atoms with Crippen LogP contribution < -0.4 is 18.9 Å². The Morgan fingerprint density at radius 1 is 0.439 bits per heavy atom. The second kappa shape index (κ2) is 18.0. The van der Waals surface area contributed by atoms with Gasteiger partial charge >= 0.3 is 11.9 Å². The summed E-state index contributed by atoms with van der Waals surface area (Å²) in [6.45, 7) is 7.43. The van der Waals surface area contributed by atoms with Crippen LogP contribution in [-0.2, 0) is 24.5 Å². The molecule has 0 aliphatic heterocycles. The van der Waals surface area contributed by atoms with Crippen LogP contribution in [0.3, 0.4) is 0 Å². The van der Waals surface area contributed by atoms with Gasteiger partial charge in [-0.05, 0) is 81.9 Å². The van der Waals surface area contributed by atoms with Crippen LogP contribution in [0.15, 0.2) is 183 Å². The van der Waals surface area contributed by atoms with Gasteiger partial charge in [-0.2, -0.15) is 0 Å². The van der Waals surface area contributed by atoms with Gasteiger partial charge in [0.15, 0.2) is 12.2 Å². The van der Waals surface area contributed by atoms with Crippen molar-refractivity contribution in [3.05, 3.63) is 205 Å². The molecular weight excluding hydrogens is 717 g/mol. The zero-order valence-corrected chi connectivity index (χ0v) is 31.3. The number of para-hydroxylation sites is 2. The van der Waals surface area contributed by atoms with E-state index in [1.54, 1.807) is 0 Å². The smallest absolute Gasteiger partial charge is 0.330 e. The molecule has 0 spiro atoms. The topological polar surface area (TPSA) is 89.5 Å². The summed E-state index contributed by atoms with van der Waals surface area (Å²) < 4.78 is 35.2. The summed E-state index contributed by atoms with van der Waals surface area (Å²) in [5.74, 6) is 1.44. The Balaban J connectivity index is 1.14. The Kier molecular flexibility index (Phi) is 12.1. The Labute approximate surface area is 332 Å². The number of ether oxygens (including phenoxy) is 6. The van der Waals surface area contributed by atoms with Gasteiger partial charge in [0.25, 0.3) is 0 Å². The first-order chi connectivity index (χ1) is 28.0. The van der Waals surface area contributed by atoms with Crippen LogP contribution in [0.4, 0.5) is 0 Å². The average Bonchev–Trinajstić information content (AvgIpc) is 3.57. The van der Waals surface area contributed by atoms with Gasteiger partial charge in [-0.3, -0.25) is 0 Å². The first-order valence-electron chi connectivity index (χ1n) is 18.7. The molecule has 0 radical (unpaired) electrons. The van der Waals surface area contributed by atoms with Crippen LogP contribution in [0.25, 0.3) is 11.1 Å². The third-order valence-electron chi connectivity index (χ3n) is 9.66. The number of esters is 2. The van der Waals surface area contributed by atoms with Crippen molar-refractivity contribution in [3.8, 4) is 34.1 Å². The number of benzene rings is 6. The third-order valence-corrected chi connectivity index (χ3v) is 9.66. The average molecular weight is 759 g/mol. The lowest BCUT2D eigenvalue weighted by atomic mass is 9.68. The molecule has 8 nitrogen and oxygen atoms in total.